The largest absolute Gasteiger partial charge is 0.322 e. The molecule has 5 heteroatoms. The molecule has 0 radical (unpaired) electrons. The predicted octanol–water partition coefficient (Wildman–Crippen LogP) is 4.74. The Bertz CT molecular complexity index is 432. The van der Waals surface area contributed by atoms with E-state index in [1.807, 2.05) is 0 Å². The minimum atomic E-state index is -0.129. The molecule has 0 heterocycles. The molecule has 0 aliphatic carbocycles. The molecule has 3 nitrogen and oxygen atoms in total. The van der Waals surface area contributed by atoms with Gasteiger partial charge in [0.25, 0.3) is 0 Å². The molecule has 1 unspecified atom stereocenters. The number of para-hydroxylation sites is 1. The highest BCUT2D eigenvalue weighted by molar-refractivity contribution is 6.39. The average molecular weight is 331 g/mol. The highest BCUT2D eigenvalue weighted by atomic mass is 35.5. The monoisotopic (exact) mass is 330 g/mol. The number of hydrogen-bond donors (Lipinski definition) is 2. The van der Waals surface area contributed by atoms with E-state index in [4.69, 9.17) is 23.2 Å². The molecule has 118 valence electrons. The number of amides is 1. The molecular weight excluding hydrogens is 307 g/mol. The Morgan fingerprint density at radius 2 is 1.90 bits per heavy atom. The number of carbonyl (C=O) groups is 1. The Morgan fingerprint density at radius 3 is 2.48 bits per heavy atom. The van der Waals surface area contributed by atoms with Crippen molar-refractivity contribution in [3.05, 3.63) is 28.2 Å². The molecule has 1 amide bonds. The van der Waals surface area contributed by atoms with E-state index in [0.717, 1.165) is 13.0 Å². The van der Waals surface area contributed by atoms with Gasteiger partial charge < -0.3 is 10.6 Å². The van der Waals surface area contributed by atoms with Gasteiger partial charge in [-0.1, -0.05) is 62.4 Å². The third-order valence-electron chi connectivity index (χ3n) is 3.49. The predicted molar refractivity (Wildman–Crippen MR) is 91.3 cm³/mol. The molecule has 0 aliphatic rings. The van der Waals surface area contributed by atoms with E-state index in [9.17, 15) is 4.79 Å². The number of benzene rings is 1. The SMILES string of the molecule is CCCCC(CC)CNCC(=O)Nc1c(Cl)cccc1Cl. The number of halogens is 2. The average Bonchev–Trinajstić information content (AvgIpc) is 2.46. The molecule has 1 atom stereocenters. The van der Waals surface area contributed by atoms with Gasteiger partial charge in [0.05, 0.1) is 22.3 Å². The Kier molecular flexibility index (Phi) is 8.74. The van der Waals surface area contributed by atoms with Crippen molar-refractivity contribution in [1.29, 1.82) is 0 Å². The van der Waals surface area contributed by atoms with Crippen molar-refractivity contribution in [2.45, 2.75) is 39.5 Å². The fourth-order valence-electron chi connectivity index (χ4n) is 2.13. The zero-order valence-electron chi connectivity index (χ0n) is 12.7. The third-order valence-corrected chi connectivity index (χ3v) is 4.12. The first-order chi connectivity index (χ1) is 10.1. The Balaban J connectivity index is 2.37. The van der Waals surface area contributed by atoms with Crippen molar-refractivity contribution in [2.75, 3.05) is 18.4 Å². The summed E-state index contributed by atoms with van der Waals surface area (Å²) in [6.45, 7) is 5.51. The number of nitrogens with one attached hydrogen (secondary N) is 2. The zero-order valence-corrected chi connectivity index (χ0v) is 14.2. The van der Waals surface area contributed by atoms with Gasteiger partial charge in [0.15, 0.2) is 0 Å². The summed E-state index contributed by atoms with van der Waals surface area (Å²) in [5, 5.41) is 6.85. The van der Waals surface area contributed by atoms with Crippen LogP contribution in [0.4, 0.5) is 5.69 Å². The van der Waals surface area contributed by atoms with Crippen LogP contribution in [0.1, 0.15) is 39.5 Å². The van der Waals surface area contributed by atoms with Crippen LogP contribution in [0.5, 0.6) is 0 Å². The number of unbranched alkanes of at least 4 members (excludes halogenated alkanes) is 1. The molecule has 0 saturated heterocycles. The second-order valence-electron chi connectivity index (χ2n) is 5.19. The maximum atomic E-state index is 11.9. The summed E-state index contributed by atoms with van der Waals surface area (Å²) in [6.07, 6.45) is 4.78. The third kappa shape index (κ3) is 6.68. The van der Waals surface area contributed by atoms with E-state index in [1.165, 1.54) is 19.3 Å². The van der Waals surface area contributed by atoms with Gasteiger partial charge in [-0.05, 0) is 31.0 Å². The van der Waals surface area contributed by atoms with Crippen LogP contribution in [0, 0.1) is 5.92 Å². The van der Waals surface area contributed by atoms with Crippen molar-refractivity contribution in [1.82, 2.24) is 5.32 Å². The summed E-state index contributed by atoms with van der Waals surface area (Å²) >= 11 is 12.0. The highest BCUT2D eigenvalue weighted by Gasteiger charge is 2.10. The molecule has 21 heavy (non-hydrogen) atoms. The lowest BCUT2D eigenvalue weighted by Gasteiger charge is -2.15. The number of hydrogen-bond acceptors (Lipinski definition) is 2. The minimum absolute atomic E-state index is 0.129. The summed E-state index contributed by atoms with van der Waals surface area (Å²) in [5.74, 6) is 0.497. The molecular formula is C16H24Cl2N2O. The standard InChI is InChI=1S/C16H24Cl2N2O/c1-3-5-7-12(4-2)10-19-11-15(21)20-16-13(17)8-6-9-14(16)18/h6,8-9,12,19H,3-5,7,10-11H2,1-2H3,(H,20,21). The molecule has 2 N–H and O–H groups in total. The van der Waals surface area contributed by atoms with Gasteiger partial charge in [-0.25, -0.2) is 0 Å². The normalized spacial score (nSPS) is 12.2. The summed E-state index contributed by atoms with van der Waals surface area (Å²) in [4.78, 5) is 11.9. The van der Waals surface area contributed by atoms with Crippen LogP contribution in [0.15, 0.2) is 18.2 Å². The van der Waals surface area contributed by atoms with Gasteiger partial charge in [-0.15, -0.1) is 0 Å². The van der Waals surface area contributed by atoms with Gasteiger partial charge in [-0.2, -0.15) is 0 Å². The van der Waals surface area contributed by atoms with Crippen LogP contribution in [-0.4, -0.2) is 19.0 Å². The first kappa shape index (κ1) is 18.3. The maximum Gasteiger partial charge on any atom is 0.238 e. The van der Waals surface area contributed by atoms with E-state index < -0.39 is 0 Å². The van der Waals surface area contributed by atoms with Crippen LogP contribution in [0.2, 0.25) is 10.0 Å². The van der Waals surface area contributed by atoms with E-state index in [2.05, 4.69) is 24.5 Å². The molecule has 0 aromatic heterocycles. The molecule has 0 spiro atoms. The van der Waals surface area contributed by atoms with Crippen LogP contribution < -0.4 is 10.6 Å². The van der Waals surface area contributed by atoms with Crippen molar-refractivity contribution in [3.63, 3.8) is 0 Å². The van der Waals surface area contributed by atoms with E-state index in [1.54, 1.807) is 18.2 Å². The van der Waals surface area contributed by atoms with Gasteiger partial charge >= 0.3 is 0 Å². The smallest absolute Gasteiger partial charge is 0.238 e. The van der Waals surface area contributed by atoms with Crippen molar-refractivity contribution in [2.24, 2.45) is 5.92 Å². The highest BCUT2D eigenvalue weighted by Crippen LogP contribution is 2.29. The van der Waals surface area contributed by atoms with Crippen molar-refractivity contribution < 1.29 is 4.79 Å². The number of rotatable bonds is 9. The maximum absolute atomic E-state index is 11.9. The van der Waals surface area contributed by atoms with Crippen LogP contribution in [0.25, 0.3) is 0 Å². The molecule has 0 aliphatic heterocycles. The molecule has 1 aromatic rings. The lowest BCUT2D eigenvalue weighted by molar-refractivity contribution is -0.115. The fourth-order valence-corrected chi connectivity index (χ4v) is 2.63. The summed E-state index contributed by atoms with van der Waals surface area (Å²) in [5.41, 5.74) is 0.477. The number of carbonyl (C=O) groups excluding carboxylic acids is 1. The van der Waals surface area contributed by atoms with E-state index in [0.29, 0.717) is 21.7 Å². The van der Waals surface area contributed by atoms with Gasteiger partial charge in [0.1, 0.15) is 0 Å². The van der Waals surface area contributed by atoms with Gasteiger partial charge in [0, 0.05) is 0 Å². The Labute approximate surface area is 137 Å². The lowest BCUT2D eigenvalue weighted by atomic mass is 9.99. The molecule has 1 rings (SSSR count). The van der Waals surface area contributed by atoms with Crippen LogP contribution in [-0.2, 0) is 4.79 Å². The first-order valence-corrected chi connectivity index (χ1v) is 8.28. The molecule has 0 fully saturated rings. The number of anilines is 1. The fraction of sp³-hybridized carbons (Fsp3) is 0.562. The van der Waals surface area contributed by atoms with E-state index in [-0.39, 0.29) is 12.5 Å². The first-order valence-electron chi connectivity index (χ1n) is 7.53. The van der Waals surface area contributed by atoms with Crippen LogP contribution in [0.3, 0.4) is 0 Å². The topological polar surface area (TPSA) is 41.1 Å². The molecule has 0 saturated carbocycles. The molecule has 0 bridgehead atoms. The minimum Gasteiger partial charge on any atom is -0.322 e. The van der Waals surface area contributed by atoms with Crippen LogP contribution >= 0.6 is 23.2 Å². The molecule has 1 aromatic carbocycles. The van der Waals surface area contributed by atoms with E-state index >= 15 is 0 Å². The van der Waals surface area contributed by atoms with Gasteiger partial charge in [0.2, 0.25) is 5.91 Å². The lowest BCUT2D eigenvalue weighted by Crippen LogP contribution is -2.31. The summed E-state index contributed by atoms with van der Waals surface area (Å²) < 4.78 is 0. The quantitative estimate of drug-likeness (QED) is 0.686. The van der Waals surface area contributed by atoms with Gasteiger partial charge in [-0.3, -0.25) is 4.79 Å². The Morgan fingerprint density at radius 1 is 1.24 bits per heavy atom. The zero-order chi connectivity index (χ0) is 15.7. The summed E-state index contributed by atoms with van der Waals surface area (Å²) in [6, 6.07) is 5.15. The second kappa shape index (κ2) is 10.0. The van der Waals surface area contributed by atoms with Crippen molar-refractivity contribution >= 4 is 34.8 Å². The second-order valence-corrected chi connectivity index (χ2v) is 6.01. The summed E-state index contributed by atoms with van der Waals surface area (Å²) in [7, 11) is 0. The van der Waals surface area contributed by atoms with Crippen molar-refractivity contribution in [3.8, 4) is 0 Å². The Hall–Kier alpha value is -0.770.